The second-order valence-corrected chi connectivity index (χ2v) is 7.32. The van der Waals surface area contributed by atoms with Gasteiger partial charge in [0.2, 0.25) is 0 Å². The zero-order chi connectivity index (χ0) is 16.4. The van der Waals surface area contributed by atoms with Crippen LogP contribution in [-0.2, 0) is 19.1 Å². The Morgan fingerprint density at radius 2 is 1.61 bits per heavy atom. The first-order valence-electron chi connectivity index (χ1n) is 8.70. The Morgan fingerprint density at radius 1 is 0.913 bits per heavy atom. The van der Waals surface area contributed by atoms with Crippen LogP contribution >= 0.6 is 0 Å². The van der Waals surface area contributed by atoms with Crippen LogP contribution in [0.15, 0.2) is 25.3 Å². The fourth-order valence-electron chi connectivity index (χ4n) is 5.39. The largest absolute Gasteiger partial charge is 0.463 e. The van der Waals surface area contributed by atoms with Crippen molar-refractivity contribution in [2.24, 2.45) is 35.5 Å². The van der Waals surface area contributed by atoms with Crippen LogP contribution in [0.4, 0.5) is 0 Å². The van der Waals surface area contributed by atoms with Crippen molar-refractivity contribution in [2.75, 3.05) is 13.2 Å². The second-order valence-electron chi connectivity index (χ2n) is 7.32. The smallest absolute Gasteiger partial charge is 0.330 e. The van der Waals surface area contributed by atoms with Crippen molar-refractivity contribution in [1.29, 1.82) is 0 Å². The Balaban J connectivity index is 1.47. The molecule has 0 aromatic rings. The van der Waals surface area contributed by atoms with Crippen LogP contribution in [0.1, 0.15) is 32.1 Å². The van der Waals surface area contributed by atoms with Gasteiger partial charge in [0.25, 0.3) is 0 Å². The number of rotatable bonds is 7. The highest BCUT2D eigenvalue weighted by Gasteiger charge is 2.55. The molecule has 0 radical (unpaired) electrons. The van der Waals surface area contributed by atoms with E-state index in [0.29, 0.717) is 31.0 Å². The molecule has 3 aliphatic carbocycles. The predicted octanol–water partition coefficient (Wildman–Crippen LogP) is 3.13. The van der Waals surface area contributed by atoms with Gasteiger partial charge in [-0.1, -0.05) is 13.2 Å². The Bertz CT molecular complexity index is 498. The molecule has 0 N–H and O–H groups in total. The van der Waals surface area contributed by atoms with Gasteiger partial charge in [-0.05, 0) is 67.6 Å². The molecule has 0 spiro atoms. The lowest BCUT2D eigenvalue weighted by Gasteiger charge is -2.31. The van der Waals surface area contributed by atoms with E-state index >= 15 is 0 Å². The summed E-state index contributed by atoms with van der Waals surface area (Å²) >= 11 is 0. The Hall–Kier alpha value is -1.58. The Morgan fingerprint density at radius 3 is 2.35 bits per heavy atom. The van der Waals surface area contributed by atoms with Crippen molar-refractivity contribution < 1.29 is 19.1 Å². The molecular formula is C19H26O4. The Kier molecular flexibility index (Phi) is 4.88. The van der Waals surface area contributed by atoms with Gasteiger partial charge in [-0.3, -0.25) is 0 Å². The van der Waals surface area contributed by atoms with E-state index in [1.54, 1.807) is 0 Å². The number of carbonyl (C=O) groups is 2. The van der Waals surface area contributed by atoms with E-state index in [9.17, 15) is 9.59 Å². The van der Waals surface area contributed by atoms with E-state index in [1.807, 2.05) is 0 Å². The lowest BCUT2D eigenvalue weighted by Crippen LogP contribution is -2.28. The van der Waals surface area contributed by atoms with Gasteiger partial charge in [0.05, 0.1) is 13.2 Å². The molecule has 0 heterocycles. The molecule has 4 nitrogen and oxygen atoms in total. The minimum Gasteiger partial charge on any atom is -0.463 e. The number of hydrogen-bond acceptors (Lipinski definition) is 4. The van der Waals surface area contributed by atoms with Gasteiger partial charge in [-0.2, -0.15) is 0 Å². The van der Waals surface area contributed by atoms with Gasteiger partial charge in [0, 0.05) is 12.2 Å². The number of esters is 2. The second kappa shape index (κ2) is 6.90. The van der Waals surface area contributed by atoms with Crippen LogP contribution in [0.2, 0.25) is 0 Å². The number of carbonyl (C=O) groups excluding carboxylic acids is 2. The molecule has 3 rings (SSSR count). The van der Waals surface area contributed by atoms with Gasteiger partial charge in [0.15, 0.2) is 0 Å². The van der Waals surface area contributed by atoms with Crippen LogP contribution in [0.5, 0.6) is 0 Å². The third-order valence-electron chi connectivity index (χ3n) is 6.25. The molecule has 3 aliphatic rings. The fraction of sp³-hybridized carbons (Fsp3) is 0.684. The SMILES string of the molecule is C=CC(=O)OCC[C@@H]1CC2C3CC(COC(=O)C=C)C(C3)[C@H]2C1. The van der Waals surface area contributed by atoms with Crippen molar-refractivity contribution >= 4 is 11.9 Å². The number of hydrogen-bond donors (Lipinski definition) is 0. The van der Waals surface area contributed by atoms with E-state index in [0.717, 1.165) is 24.2 Å². The van der Waals surface area contributed by atoms with Crippen LogP contribution in [0.3, 0.4) is 0 Å². The van der Waals surface area contributed by atoms with Crippen molar-refractivity contribution in [3.8, 4) is 0 Å². The monoisotopic (exact) mass is 318 g/mol. The highest BCUT2D eigenvalue weighted by atomic mass is 16.5. The lowest BCUT2D eigenvalue weighted by molar-refractivity contribution is -0.140. The maximum Gasteiger partial charge on any atom is 0.330 e. The maximum atomic E-state index is 11.3. The van der Waals surface area contributed by atoms with E-state index in [-0.39, 0.29) is 11.9 Å². The quantitative estimate of drug-likeness (QED) is 0.534. The summed E-state index contributed by atoms with van der Waals surface area (Å²) in [7, 11) is 0. The van der Waals surface area contributed by atoms with Gasteiger partial charge in [-0.25, -0.2) is 9.59 Å². The highest BCUT2D eigenvalue weighted by Crippen LogP contribution is 2.62. The third-order valence-corrected chi connectivity index (χ3v) is 6.25. The van der Waals surface area contributed by atoms with Gasteiger partial charge >= 0.3 is 11.9 Å². The highest BCUT2D eigenvalue weighted by molar-refractivity contribution is 5.81. The molecule has 0 aliphatic heterocycles. The molecule has 126 valence electrons. The summed E-state index contributed by atoms with van der Waals surface area (Å²) in [4.78, 5) is 22.4. The summed E-state index contributed by atoms with van der Waals surface area (Å²) in [6.07, 6.45) is 8.45. The first-order chi connectivity index (χ1) is 11.1. The van der Waals surface area contributed by atoms with Crippen molar-refractivity contribution in [3.63, 3.8) is 0 Å². The summed E-state index contributed by atoms with van der Waals surface area (Å²) < 4.78 is 10.4. The summed E-state index contributed by atoms with van der Waals surface area (Å²) in [6, 6.07) is 0. The van der Waals surface area contributed by atoms with Crippen molar-refractivity contribution in [3.05, 3.63) is 25.3 Å². The van der Waals surface area contributed by atoms with E-state index in [1.165, 1.54) is 37.8 Å². The first-order valence-corrected chi connectivity index (χ1v) is 8.70. The molecule has 2 bridgehead atoms. The average Bonchev–Trinajstić information content (AvgIpc) is 3.23. The van der Waals surface area contributed by atoms with Crippen molar-refractivity contribution in [2.45, 2.75) is 32.1 Å². The van der Waals surface area contributed by atoms with Gasteiger partial charge in [0.1, 0.15) is 0 Å². The molecule has 4 unspecified atom stereocenters. The number of fused-ring (bicyclic) bond motifs is 5. The van der Waals surface area contributed by atoms with Crippen molar-refractivity contribution in [1.82, 2.24) is 0 Å². The standard InChI is InChI=1S/C19H26O4/c1-3-18(20)22-6-5-12-7-15-13-9-14(11-23-19(21)4-2)16(10-13)17(15)8-12/h3-4,12-17H,1-2,5-11H2/t12-,13?,14?,15?,16?,17+/m1/s1. The molecule has 3 fully saturated rings. The average molecular weight is 318 g/mol. The number of ether oxygens (including phenoxy) is 2. The summed E-state index contributed by atoms with van der Waals surface area (Å²) in [5, 5.41) is 0. The van der Waals surface area contributed by atoms with E-state index < -0.39 is 0 Å². The third kappa shape index (κ3) is 3.36. The van der Waals surface area contributed by atoms with Crippen LogP contribution in [0.25, 0.3) is 0 Å². The summed E-state index contributed by atoms with van der Waals surface area (Å²) in [5.41, 5.74) is 0. The zero-order valence-electron chi connectivity index (χ0n) is 13.6. The molecule has 0 saturated heterocycles. The summed E-state index contributed by atoms with van der Waals surface area (Å²) in [5.74, 6) is 3.70. The maximum absolute atomic E-state index is 11.3. The van der Waals surface area contributed by atoms with Crippen LogP contribution in [-0.4, -0.2) is 25.2 Å². The molecule has 6 atom stereocenters. The minimum atomic E-state index is -0.327. The normalized spacial score (nSPS) is 37.2. The molecule has 0 amide bonds. The van der Waals surface area contributed by atoms with Gasteiger partial charge in [-0.15, -0.1) is 0 Å². The van der Waals surface area contributed by atoms with E-state index in [2.05, 4.69) is 13.2 Å². The molecule has 4 heteroatoms. The minimum absolute atomic E-state index is 0.308. The molecule has 3 saturated carbocycles. The summed E-state index contributed by atoms with van der Waals surface area (Å²) in [6.45, 7) is 7.92. The lowest BCUT2D eigenvalue weighted by atomic mass is 9.76. The van der Waals surface area contributed by atoms with Gasteiger partial charge < -0.3 is 9.47 Å². The molecular weight excluding hydrogens is 292 g/mol. The topological polar surface area (TPSA) is 52.6 Å². The predicted molar refractivity (Wildman–Crippen MR) is 86.3 cm³/mol. The molecule has 23 heavy (non-hydrogen) atoms. The fourth-order valence-corrected chi connectivity index (χ4v) is 5.39. The van der Waals surface area contributed by atoms with Crippen LogP contribution in [0, 0.1) is 35.5 Å². The van der Waals surface area contributed by atoms with Crippen LogP contribution < -0.4 is 0 Å². The Labute approximate surface area is 137 Å². The molecule has 0 aromatic heterocycles. The zero-order valence-corrected chi connectivity index (χ0v) is 13.6. The molecule has 0 aromatic carbocycles. The first kappa shape index (κ1) is 16.3. The van der Waals surface area contributed by atoms with E-state index in [4.69, 9.17) is 9.47 Å².